The Balaban J connectivity index is 1.52. The van der Waals surface area contributed by atoms with Crippen molar-refractivity contribution in [3.8, 4) is 0 Å². The van der Waals surface area contributed by atoms with E-state index in [1.54, 1.807) is 12.1 Å². The van der Waals surface area contributed by atoms with Crippen LogP contribution >= 0.6 is 11.6 Å². The molecule has 0 bridgehead atoms. The fourth-order valence-corrected chi connectivity index (χ4v) is 3.25. The molecule has 6 heteroatoms. The van der Waals surface area contributed by atoms with E-state index in [1.807, 2.05) is 12.1 Å². The molecule has 0 saturated carbocycles. The second kappa shape index (κ2) is 6.22. The molecule has 2 amide bonds. The Kier molecular flexibility index (Phi) is 4.33. The lowest BCUT2D eigenvalue weighted by Gasteiger charge is -2.33. The molecule has 2 aliphatic rings. The molecule has 2 heterocycles. The minimum absolute atomic E-state index is 0.170. The first-order valence-electron chi connectivity index (χ1n) is 7.29. The number of amides is 2. The van der Waals surface area contributed by atoms with Gasteiger partial charge in [0.05, 0.1) is 12.7 Å². The summed E-state index contributed by atoms with van der Waals surface area (Å²) in [5.74, 6) is 0. The van der Waals surface area contributed by atoms with Crippen LogP contribution in [0.2, 0.25) is 5.02 Å². The average molecular weight is 310 g/mol. The number of rotatable bonds is 2. The number of carbonyl (C=O) groups is 1. The zero-order valence-electron chi connectivity index (χ0n) is 12.0. The Hall–Kier alpha value is -1.30. The van der Waals surface area contributed by atoms with E-state index in [2.05, 4.69) is 22.5 Å². The Bertz CT molecular complexity index is 525. The predicted octanol–water partition coefficient (Wildman–Crippen LogP) is 2.32. The number of ether oxygens (including phenoxy) is 1. The minimum Gasteiger partial charge on any atom is -0.376 e. The number of hydrogen-bond donors (Lipinski definition) is 2. The van der Waals surface area contributed by atoms with Crippen LogP contribution in [-0.2, 0) is 4.74 Å². The molecule has 0 radical (unpaired) electrons. The van der Waals surface area contributed by atoms with Crippen molar-refractivity contribution in [1.82, 2.24) is 10.2 Å². The van der Waals surface area contributed by atoms with Gasteiger partial charge in [-0.3, -0.25) is 4.90 Å². The van der Waals surface area contributed by atoms with Crippen LogP contribution < -0.4 is 10.6 Å². The number of benzene rings is 1. The molecule has 0 aliphatic carbocycles. The number of fused-ring (bicyclic) bond motifs is 1. The van der Waals surface area contributed by atoms with Crippen molar-refractivity contribution in [2.24, 2.45) is 0 Å². The highest BCUT2D eigenvalue weighted by Gasteiger charge is 2.36. The number of nitrogens with one attached hydrogen (secondary N) is 2. The van der Waals surface area contributed by atoms with Gasteiger partial charge in [-0.25, -0.2) is 4.79 Å². The SMILES string of the molecule is C[C@H]1CN2C[C@H](NC(=O)Nc3cccc(Cl)c3)C[C@H]2CO1. The van der Waals surface area contributed by atoms with E-state index in [0.717, 1.165) is 26.1 Å². The Labute approximate surface area is 129 Å². The number of morpholine rings is 1. The first-order chi connectivity index (χ1) is 10.1. The lowest BCUT2D eigenvalue weighted by molar-refractivity contribution is -0.0390. The first-order valence-corrected chi connectivity index (χ1v) is 7.66. The van der Waals surface area contributed by atoms with Crippen molar-refractivity contribution in [2.45, 2.75) is 31.5 Å². The number of hydrogen-bond acceptors (Lipinski definition) is 3. The van der Waals surface area contributed by atoms with Crippen LogP contribution in [0, 0.1) is 0 Å². The minimum atomic E-state index is -0.184. The van der Waals surface area contributed by atoms with Crippen molar-refractivity contribution in [1.29, 1.82) is 0 Å². The van der Waals surface area contributed by atoms with Gasteiger partial charge in [0.15, 0.2) is 0 Å². The summed E-state index contributed by atoms with van der Waals surface area (Å²) in [5.41, 5.74) is 0.702. The van der Waals surface area contributed by atoms with Gasteiger partial charge in [0.25, 0.3) is 0 Å². The molecule has 0 spiro atoms. The second-order valence-electron chi connectivity index (χ2n) is 5.79. The third kappa shape index (κ3) is 3.67. The van der Waals surface area contributed by atoms with E-state index in [9.17, 15) is 4.79 Å². The summed E-state index contributed by atoms with van der Waals surface area (Å²) in [5, 5.41) is 6.45. The zero-order chi connectivity index (χ0) is 14.8. The van der Waals surface area contributed by atoms with Gasteiger partial charge in [-0.1, -0.05) is 17.7 Å². The summed E-state index contributed by atoms with van der Waals surface area (Å²) in [6.45, 7) is 4.68. The number of carbonyl (C=O) groups excluding carboxylic acids is 1. The van der Waals surface area contributed by atoms with E-state index in [-0.39, 0.29) is 18.2 Å². The largest absolute Gasteiger partial charge is 0.376 e. The molecule has 0 aromatic heterocycles. The summed E-state index contributed by atoms with van der Waals surface area (Å²) in [6.07, 6.45) is 1.22. The fourth-order valence-electron chi connectivity index (χ4n) is 3.06. The maximum absolute atomic E-state index is 12.0. The number of anilines is 1. The normalized spacial score (nSPS) is 29.0. The van der Waals surface area contributed by atoms with Crippen molar-refractivity contribution in [3.05, 3.63) is 29.3 Å². The number of urea groups is 1. The zero-order valence-corrected chi connectivity index (χ0v) is 12.8. The molecule has 0 unspecified atom stereocenters. The van der Waals surface area contributed by atoms with Crippen LogP contribution in [0.5, 0.6) is 0 Å². The van der Waals surface area contributed by atoms with E-state index in [0.29, 0.717) is 16.8 Å². The van der Waals surface area contributed by atoms with Crippen LogP contribution in [-0.4, -0.2) is 48.8 Å². The molecule has 5 nitrogen and oxygen atoms in total. The van der Waals surface area contributed by atoms with E-state index < -0.39 is 0 Å². The van der Waals surface area contributed by atoms with Crippen molar-refractivity contribution >= 4 is 23.3 Å². The molecule has 21 heavy (non-hydrogen) atoms. The summed E-state index contributed by atoms with van der Waals surface area (Å²) in [6, 6.07) is 7.55. The van der Waals surface area contributed by atoms with Gasteiger partial charge in [-0.15, -0.1) is 0 Å². The summed E-state index contributed by atoms with van der Waals surface area (Å²) in [4.78, 5) is 14.4. The Morgan fingerprint density at radius 2 is 2.29 bits per heavy atom. The lowest BCUT2D eigenvalue weighted by Crippen LogP contribution is -2.45. The molecule has 1 aromatic carbocycles. The molecule has 2 aliphatic heterocycles. The molecule has 2 fully saturated rings. The van der Waals surface area contributed by atoms with Gasteiger partial charge < -0.3 is 15.4 Å². The van der Waals surface area contributed by atoms with Crippen LogP contribution in [0.25, 0.3) is 0 Å². The molecule has 3 atom stereocenters. The van der Waals surface area contributed by atoms with E-state index in [4.69, 9.17) is 16.3 Å². The van der Waals surface area contributed by atoms with Crippen molar-refractivity contribution < 1.29 is 9.53 Å². The lowest BCUT2D eigenvalue weighted by atomic mass is 10.1. The Morgan fingerprint density at radius 1 is 1.43 bits per heavy atom. The smallest absolute Gasteiger partial charge is 0.319 e. The van der Waals surface area contributed by atoms with Crippen LogP contribution in [0.15, 0.2) is 24.3 Å². The monoisotopic (exact) mass is 309 g/mol. The van der Waals surface area contributed by atoms with Crippen LogP contribution in [0.4, 0.5) is 10.5 Å². The molecule has 2 saturated heterocycles. The highest BCUT2D eigenvalue weighted by atomic mass is 35.5. The van der Waals surface area contributed by atoms with Crippen LogP contribution in [0.3, 0.4) is 0 Å². The van der Waals surface area contributed by atoms with Gasteiger partial charge >= 0.3 is 6.03 Å². The fraction of sp³-hybridized carbons (Fsp3) is 0.533. The van der Waals surface area contributed by atoms with E-state index in [1.165, 1.54) is 0 Å². The van der Waals surface area contributed by atoms with Crippen LogP contribution in [0.1, 0.15) is 13.3 Å². The number of halogens is 1. The summed E-state index contributed by atoms with van der Waals surface area (Å²) < 4.78 is 5.67. The van der Waals surface area contributed by atoms with Gasteiger partial charge in [0, 0.05) is 35.9 Å². The van der Waals surface area contributed by atoms with Crippen molar-refractivity contribution in [3.63, 3.8) is 0 Å². The molecular formula is C15H20ClN3O2. The second-order valence-corrected chi connectivity index (χ2v) is 6.23. The van der Waals surface area contributed by atoms with Gasteiger partial charge in [0.1, 0.15) is 0 Å². The average Bonchev–Trinajstić information content (AvgIpc) is 2.79. The molecule has 114 valence electrons. The maximum Gasteiger partial charge on any atom is 0.319 e. The third-order valence-corrected chi connectivity index (χ3v) is 4.25. The summed E-state index contributed by atoms with van der Waals surface area (Å²) in [7, 11) is 0. The van der Waals surface area contributed by atoms with Crippen molar-refractivity contribution in [2.75, 3.05) is 25.0 Å². The summed E-state index contributed by atoms with van der Waals surface area (Å²) >= 11 is 5.90. The van der Waals surface area contributed by atoms with Gasteiger partial charge in [0.2, 0.25) is 0 Å². The first kappa shape index (κ1) is 14.6. The molecular weight excluding hydrogens is 290 g/mol. The maximum atomic E-state index is 12.0. The molecule has 1 aromatic rings. The molecule has 2 N–H and O–H groups in total. The molecule has 3 rings (SSSR count). The number of nitrogens with zero attached hydrogens (tertiary/aromatic N) is 1. The van der Waals surface area contributed by atoms with Gasteiger partial charge in [-0.05, 0) is 31.5 Å². The highest BCUT2D eigenvalue weighted by molar-refractivity contribution is 6.30. The third-order valence-electron chi connectivity index (χ3n) is 4.01. The quantitative estimate of drug-likeness (QED) is 0.881. The van der Waals surface area contributed by atoms with Gasteiger partial charge in [-0.2, -0.15) is 0 Å². The topological polar surface area (TPSA) is 53.6 Å². The predicted molar refractivity (Wildman–Crippen MR) is 82.8 cm³/mol. The Morgan fingerprint density at radius 3 is 3.10 bits per heavy atom. The standard InChI is InChI=1S/C15H20ClN3O2/c1-10-7-19-8-13(6-14(19)9-21-10)18-15(20)17-12-4-2-3-11(16)5-12/h2-5,10,13-14H,6-9H2,1H3,(H2,17,18,20)/t10-,13+,14-/m0/s1. The highest BCUT2D eigenvalue weighted by Crippen LogP contribution is 2.23. The van der Waals surface area contributed by atoms with E-state index >= 15 is 0 Å².